The summed E-state index contributed by atoms with van der Waals surface area (Å²) < 4.78 is 0. The molecule has 0 atom stereocenters. The molecular weight excluding hydrogens is 278 g/mol. The summed E-state index contributed by atoms with van der Waals surface area (Å²) in [6, 6.07) is 8.60. The number of aryl methyl sites for hydroxylation is 3. The number of benzene rings is 1. The third-order valence-corrected chi connectivity index (χ3v) is 5.36. The Balaban J connectivity index is 1.81. The molecule has 0 saturated carbocycles. The molecule has 1 aliphatic rings. The van der Waals surface area contributed by atoms with Gasteiger partial charge in [0.25, 0.3) is 0 Å². The maximum Gasteiger partial charge on any atom is 0.241 e. The van der Waals surface area contributed by atoms with E-state index in [1.54, 1.807) is 6.33 Å². The molecule has 0 aliphatic heterocycles. The lowest BCUT2D eigenvalue weighted by molar-refractivity contribution is -0.481. The van der Waals surface area contributed by atoms with E-state index in [0.717, 1.165) is 10.6 Å². The van der Waals surface area contributed by atoms with E-state index in [-0.39, 0.29) is 0 Å². The summed E-state index contributed by atoms with van der Waals surface area (Å²) >= 11 is 1.86. The lowest BCUT2D eigenvalue weighted by atomic mass is 9.97. The summed E-state index contributed by atoms with van der Waals surface area (Å²) in [7, 11) is 0. The Kier molecular flexibility index (Phi) is 3.20. The second kappa shape index (κ2) is 5.20. The van der Waals surface area contributed by atoms with Crippen LogP contribution in [0.2, 0.25) is 0 Å². The van der Waals surface area contributed by atoms with Crippen LogP contribution in [0.1, 0.15) is 28.8 Å². The van der Waals surface area contributed by atoms with Gasteiger partial charge in [0.1, 0.15) is 16.8 Å². The number of rotatable bonds is 2. The van der Waals surface area contributed by atoms with E-state index in [2.05, 4.69) is 46.5 Å². The molecule has 0 fully saturated rings. The molecule has 1 aliphatic carbocycles. The first-order valence-electron chi connectivity index (χ1n) is 7.48. The first-order valence-corrected chi connectivity index (χ1v) is 8.29. The summed E-state index contributed by atoms with van der Waals surface area (Å²) in [6.07, 6.45) is 6.68. The minimum Gasteiger partial charge on any atom is -0.264 e. The van der Waals surface area contributed by atoms with Crippen LogP contribution >= 0.6 is 11.3 Å². The van der Waals surface area contributed by atoms with Crippen molar-refractivity contribution in [3.63, 3.8) is 0 Å². The number of aromatic nitrogens is 2. The predicted molar refractivity (Wildman–Crippen MR) is 86.5 cm³/mol. The molecule has 106 valence electrons. The van der Waals surface area contributed by atoms with Crippen LogP contribution in [0.15, 0.2) is 30.6 Å². The first kappa shape index (κ1) is 12.9. The van der Waals surface area contributed by atoms with Crippen LogP contribution in [0, 0.1) is 6.92 Å². The zero-order valence-corrected chi connectivity index (χ0v) is 12.9. The zero-order chi connectivity index (χ0) is 14.2. The van der Waals surface area contributed by atoms with E-state index in [1.165, 1.54) is 52.8 Å². The van der Waals surface area contributed by atoms with Gasteiger partial charge in [-0.05, 0) is 50.3 Å². The molecule has 4 rings (SSSR count). The molecule has 3 aromatic rings. The van der Waals surface area contributed by atoms with Gasteiger partial charge < -0.3 is 0 Å². The molecule has 2 aromatic heterocycles. The van der Waals surface area contributed by atoms with Gasteiger partial charge in [-0.2, -0.15) is 4.98 Å². The lowest BCUT2D eigenvalue weighted by Gasteiger charge is -2.10. The highest BCUT2D eigenvalue weighted by atomic mass is 32.1. The molecule has 0 spiro atoms. The number of fused-ring (bicyclic) bond motifs is 3. The second-order valence-electron chi connectivity index (χ2n) is 5.70. The van der Waals surface area contributed by atoms with E-state index in [4.69, 9.17) is 0 Å². The van der Waals surface area contributed by atoms with Crippen LogP contribution < -0.4 is 5.32 Å². The fourth-order valence-electron chi connectivity index (χ4n) is 3.04. The zero-order valence-electron chi connectivity index (χ0n) is 12.1. The number of hydrogen-bond acceptors (Lipinski definition) is 3. The Morgan fingerprint density at radius 3 is 2.71 bits per heavy atom. The van der Waals surface area contributed by atoms with Crippen molar-refractivity contribution < 1.29 is 5.32 Å². The summed E-state index contributed by atoms with van der Waals surface area (Å²) in [4.78, 5) is 11.7. The fourth-order valence-corrected chi connectivity index (χ4v) is 4.28. The number of thiophene rings is 1. The molecule has 2 heterocycles. The average molecular weight is 296 g/mol. The van der Waals surface area contributed by atoms with Crippen LogP contribution in [-0.2, 0) is 12.8 Å². The Morgan fingerprint density at radius 2 is 1.86 bits per heavy atom. The largest absolute Gasteiger partial charge is 0.264 e. The van der Waals surface area contributed by atoms with E-state index in [1.807, 2.05) is 11.3 Å². The van der Waals surface area contributed by atoms with Crippen LogP contribution in [0.3, 0.4) is 0 Å². The maximum atomic E-state index is 4.54. The van der Waals surface area contributed by atoms with Crippen molar-refractivity contribution in [1.29, 1.82) is 0 Å². The minimum absolute atomic E-state index is 1.07. The first-order chi connectivity index (χ1) is 10.3. The Morgan fingerprint density at radius 1 is 1.05 bits per heavy atom. The van der Waals surface area contributed by atoms with Crippen molar-refractivity contribution in [2.24, 2.45) is 0 Å². The normalized spacial score (nSPS) is 14.3. The monoisotopic (exact) mass is 296 g/mol. The smallest absolute Gasteiger partial charge is 0.241 e. The predicted octanol–water partition coefficient (Wildman–Crippen LogP) is 3.41. The van der Waals surface area contributed by atoms with Crippen molar-refractivity contribution in [3.05, 3.63) is 46.6 Å². The third kappa shape index (κ3) is 2.34. The van der Waals surface area contributed by atoms with E-state index >= 15 is 0 Å². The van der Waals surface area contributed by atoms with Crippen molar-refractivity contribution >= 4 is 33.1 Å². The van der Waals surface area contributed by atoms with Crippen molar-refractivity contribution in [3.8, 4) is 0 Å². The molecule has 0 radical (unpaired) electrons. The summed E-state index contributed by atoms with van der Waals surface area (Å²) in [5, 5.41) is 3.48. The third-order valence-electron chi connectivity index (χ3n) is 4.16. The summed E-state index contributed by atoms with van der Waals surface area (Å²) in [6.45, 7) is 2.11. The molecule has 0 amide bonds. The number of quaternary nitrogens is 1. The standard InChI is InChI=1S/C17H17N3S/c1-11-6-8-12(9-7-11)20-16-15-13-4-2-3-5-14(13)21-17(15)19-10-18-16/h6-10H,2-5H2,1H3,(H,18,19,20)/p+1. The average Bonchev–Trinajstić information content (AvgIpc) is 2.89. The molecule has 0 bridgehead atoms. The van der Waals surface area contributed by atoms with E-state index in [9.17, 15) is 0 Å². The Bertz CT molecular complexity index is 790. The van der Waals surface area contributed by atoms with Gasteiger partial charge in [-0.3, -0.25) is 5.32 Å². The molecule has 0 unspecified atom stereocenters. The van der Waals surface area contributed by atoms with Gasteiger partial charge in [-0.15, -0.1) is 11.3 Å². The SMILES string of the molecule is Cc1ccc([NH2+]c2ncnc3sc4c(c23)CCCC4)cc1. The molecule has 21 heavy (non-hydrogen) atoms. The second-order valence-corrected chi connectivity index (χ2v) is 6.79. The van der Waals surface area contributed by atoms with Gasteiger partial charge in [0.15, 0.2) is 0 Å². The lowest BCUT2D eigenvalue weighted by Crippen LogP contribution is -2.71. The van der Waals surface area contributed by atoms with Crippen LogP contribution in [0.4, 0.5) is 11.5 Å². The van der Waals surface area contributed by atoms with Gasteiger partial charge in [0, 0.05) is 4.88 Å². The van der Waals surface area contributed by atoms with E-state index in [0.29, 0.717) is 0 Å². The number of nitrogens with zero attached hydrogens (tertiary/aromatic N) is 2. The number of hydrogen-bond donors (Lipinski definition) is 1. The van der Waals surface area contributed by atoms with E-state index < -0.39 is 0 Å². The quantitative estimate of drug-likeness (QED) is 0.736. The highest BCUT2D eigenvalue weighted by molar-refractivity contribution is 7.18. The maximum absolute atomic E-state index is 4.54. The number of nitrogens with two attached hydrogens (primary N) is 1. The Hall–Kier alpha value is -1.78. The highest BCUT2D eigenvalue weighted by Crippen LogP contribution is 2.37. The van der Waals surface area contributed by atoms with Gasteiger partial charge in [0.05, 0.1) is 5.39 Å². The fraction of sp³-hybridized carbons (Fsp3) is 0.294. The van der Waals surface area contributed by atoms with Crippen molar-refractivity contribution in [2.45, 2.75) is 32.6 Å². The minimum atomic E-state index is 1.07. The summed E-state index contributed by atoms with van der Waals surface area (Å²) in [5.41, 5.74) is 3.99. The van der Waals surface area contributed by atoms with Gasteiger partial charge in [-0.25, -0.2) is 4.98 Å². The molecule has 4 heteroatoms. The van der Waals surface area contributed by atoms with Crippen molar-refractivity contribution in [1.82, 2.24) is 9.97 Å². The van der Waals surface area contributed by atoms with Crippen LogP contribution in [0.5, 0.6) is 0 Å². The van der Waals surface area contributed by atoms with Crippen molar-refractivity contribution in [2.75, 3.05) is 0 Å². The topological polar surface area (TPSA) is 42.4 Å². The van der Waals surface area contributed by atoms with Gasteiger partial charge in [-0.1, -0.05) is 17.7 Å². The molecule has 1 aromatic carbocycles. The van der Waals surface area contributed by atoms with Gasteiger partial charge in [0.2, 0.25) is 5.82 Å². The highest BCUT2D eigenvalue weighted by Gasteiger charge is 2.21. The van der Waals surface area contributed by atoms with Gasteiger partial charge >= 0.3 is 0 Å². The molecule has 2 N–H and O–H groups in total. The molecular formula is C17H18N3S+. The van der Waals surface area contributed by atoms with Crippen LogP contribution in [0.25, 0.3) is 10.2 Å². The molecule has 0 saturated heterocycles. The summed E-state index contributed by atoms with van der Waals surface area (Å²) in [5.74, 6) is 1.07. The Labute approximate surface area is 128 Å². The molecule has 3 nitrogen and oxygen atoms in total. The van der Waals surface area contributed by atoms with Crippen LogP contribution in [-0.4, -0.2) is 9.97 Å².